The van der Waals surface area contributed by atoms with Crippen LogP contribution in [0.3, 0.4) is 0 Å². The average molecular weight is 492 g/mol. The van der Waals surface area contributed by atoms with Crippen LogP contribution in [0.25, 0.3) is 11.1 Å². The molecule has 0 radical (unpaired) electrons. The summed E-state index contributed by atoms with van der Waals surface area (Å²) in [6.45, 7) is 9.10. The number of hydrogen-bond acceptors (Lipinski definition) is 6. The van der Waals surface area contributed by atoms with Crippen molar-refractivity contribution in [3.8, 4) is 16.9 Å². The van der Waals surface area contributed by atoms with Crippen LogP contribution in [0.5, 0.6) is 5.75 Å². The van der Waals surface area contributed by atoms with Gasteiger partial charge in [0.15, 0.2) is 0 Å². The highest BCUT2D eigenvalue weighted by Crippen LogP contribution is 2.29. The second kappa shape index (κ2) is 11.6. The molecule has 1 aliphatic rings. The maximum Gasteiger partial charge on any atom is 0.296 e. The fraction of sp³-hybridized carbons (Fsp3) is 0.500. The molecule has 8 heteroatoms. The summed E-state index contributed by atoms with van der Waals surface area (Å²) in [7, 11) is 0. The van der Waals surface area contributed by atoms with E-state index in [0.717, 1.165) is 34.7 Å². The SMILES string of the molecule is Cc1ccc(OCCOC(C)(C)C)cc1-c1ccnc(NC(=O)c2n[nH]c(CC3CCCCC3)n2)c1. The molecule has 0 atom stereocenters. The molecule has 1 saturated carbocycles. The minimum atomic E-state index is -0.376. The van der Waals surface area contributed by atoms with Crippen molar-refractivity contribution in [2.24, 2.45) is 5.92 Å². The standard InChI is InChI=1S/C28H37N5O3/c1-19-10-11-22(35-14-15-36-28(2,3)4)18-23(19)21-12-13-29-24(17-21)31-27(34)26-30-25(32-33-26)16-20-8-6-5-7-9-20/h10-13,17-18,20H,5-9,14-16H2,1-4H3,(H,29,31,34)(H,30,32,33). The largest absolute Gasteiger partial charge is 0.491 e. The molecule has 1 aromatic carbocycles. The number of hydrogen-bond donors (Lipinski definition) is 2. The maximum atomic E-state index is 12.8. The zero-order valence-electron chi connectivity index (χ0n) is 21.8. The van der Waals surface area contributed by atoms with Crippen LogP contribution in [0.4, 0.5) is 5.82 Å². The second-order valence-corrected chi connectivity index (χ2v) is 10.5. The van der Waals surface area contributed by atoms with Crippen molar-refractivity contribution < 1.29 is 14.3 Å². The number of amides is 1. The van der Waals surface area contributed by atoms with Crippen molar-refractivity contribution in [2.75, 3.05) is 18.5 Å². The topological polar surface area (TPSA) is 102 Å². The number of ether oxygens (including phenoxy) is 2. The Morgan fingerprint density at radius 1 is 1.11 bits per heavy atom. The van der Waals surface area contributed by atoms with Gasteiger partial charge in [-0.15, -0.1) is 5.10 Å². The molecule has 2 aromatic heterocycles. The van der Waals surface area contributed by atoms with Gasteiger partial charge in [-0.25, -0.2) is 9.97 Å². The van der Waals surface area contributed by atoms with Crippen molar-refractivity contribution in [3.05, 3.63) is 53.7 Å². The molecular weight excluding hydrogens is 454 g/mol. The molecule has 8 nitrogen and oxygen atoms in total. The van der Waals surface area contributed by atoms with E-state index in [9.17, 15) is 4.79 Å². The summed E-state index contributed by atoms with van der Waals surface area (Å²) in [4.78, 5) is 21.5. The van der Waals surface area contributed by atoms with Crippen LogP contribution in [-0.4, -0.2) is 44.9 Å². The van der Waals surface area contributed by atoms with Gasteiger partial charge >= 0.3 is 0 Å². The average Bonchev–Trinajstić information content (AvgIpc) is 3.32. The van der Waals surface area contributed by atoms with Crippen molar-refractivity contribution in [3.63, 3.8) is 0 Å². The molecule has 36 heavy (non-hydrogen) atoms. The highest BCUT2D eigenvalue weighted by atomic mass is 16.5. The lowest BCUT2D eigenvalue weighted by atomic mass is 9.87. The predicted molar refractivity (Wildman–Crippen MR) is 140 cm³/mol. The van der Waals surface area contributed by atoms with Crippen LogP contribution >= 0.6 is 0 Å². The van der Waals surface area contributed by atoms with E-state index in [2.05, 4.69) is 25.5 Å². The Balaban J connectivity index is 1.39. The van der Waals surface area contributed by atoms with Crippen molar-refractivity contribution >= 4 is 11.7 Å². The maximum absolute atomic E-state index is 12.8. The minimum absolute atomic E-state index is 0.136. The first kappa shape index (κ1) is 25.8. The number of H-pyrrole nitrogens is 1. The quantitative estimate of drug-likeness (QED) is 0.370. The van der Waals surface area contributed by atoms with Crippen LogP contribution in [0.2, 0.25) is 0 Å². The Kier molecular flexibility index (Phi) is 8.36. The van der Waals surface area contributed by atoms with Crippen LogP contribution < -0.4 is 10.1 Å². The summed E-state index contributed by atoms with van der Waals surface area (Å²) in [5.41, 5.74) is 2.84. The first-order chi connectivity index (χ1) is 17.3. The molecule has 2 heterocycles. The molecule has 4 rings (SSSR count). The molecule has 0 aliphatic heterocycles. The zero-order valence-corrected chi connectivity index (χ0v) is 21.8. The molecule has 0 bridgehead atoms. The zero-order chi connectivity index (χ0) is 25.5. The van der Waals surface area contributed by atoms with Gasteiger partial charge in [-0.2, -0.15) is 0 Å². The van der Waals surface area contributed by atoms with E-state index in [-0.39, 0.29) is 17.3 Å². The molecule has 1 aliphatic carbocycles. The van der Waals surface area contributed by atoms with E-state index in [1.165, 1.54) is 32.1 Å². The van der Waals surface area contributed by atoms with Gasteiger partial charge < -0.3 is 14.8 Å². The van der Waals surface area contributed by atoms with Crippen molar-refractivity contribution in [1.29, 1.82) is 0 Å². The number of aryl methyl sites for hydroxylation is 1. The lowest BCUT2D eigenvalue weighted by molar-refractivity contribution is -0.0163. The van der Waals surface area contributed by atoms with E-state index < -0.39 is 0 Å². The normalized spacial score (nSPS) is 14.6. The Labute approximate surface area is 213 Å². The summed E-state index contributed by atoms with van der Waals surface area (Å²) in [5.74, 6) is 2.36. The van der Waals surface area contributed by atoms with Crippen LogP contribution in [-0.2, 0) is 11.2 Å². The number of rotatable bonds is 9. The number of aromatic nitrogens is 4. The van der Waals surface area contributed by atoms with E-state index in [0.29, 0.717) is 24.9 Å². The summed E-state index contributed by atoms with van der Waals surface area (Å²) >= 11 is 0. The number of nitrogens with zero attached hydrogens (tertiary/aromatic N) is 3. The van der Waals surface area contributed by atoms with Crippen LogP contribution in [0.1, 0.15) is 74.9 Å². The lowest BCUT2D eigenvalue weighted by Crippen LogP contribution is -2.22. The minimum Gasteiger partial charge on any atom is -0.491 e. The Morgan fingerprint density at radius 2 is 1.92 bits per heavy atom. The molecular formula is C28H37N5O3. The molecule has 0 spiro atoms. The molecule has 0 saturated heterocycles. The van der Waals surface area contributed by atoms with E-state index in [4.69, 9.17) is 9.47 Å². The van der Waals surface area contributed by atoms with Gasteiger partial charge in [0.2, 0.25) is 5.82 Å². The Morgan fingerprint density at radius 3 is 2.69 bits per heavy atom. The van der Waals surface area contributed by atoms with Gasteiger partial charge in [0.1, 0.15) is 24.0 Å². The number of nitrogens with one attached hydrogen (secondary N) is 2. The van der Waals surface area contributed by atoms with Gasteiger partial charge in [0.25, 0.3) is 5.91 Å². The molecule has 0 unspecified atom stereocenters. The number of carbonyl (C=O) groups excluding carboxylic acids is 1. The number of pyridine rings is 1. The summed E-state index contributed by atoms with van der Waals surface area (Å²) in [6.07, 6.45) is 8.82. The van der Waals surface area contributed by atoms with E-state index in [1.54, 1.807) is 6.20 Å². The fourth-order valence-electron chi connectivity index (χ4n) is 4.50. The monoisotopic (exact) mass is 491 g/mol. The van der Waals surface area contributed by atoms with Crippen LogP contribution in [0.15, 0.2) is 36.5 Å². The van der Waals surface area contributed by atoms with Gasteiger partial charge in [-0.3, -0.25) is 9.89 Å². The van der Waals surface area contributed by atoms with E-state index in [1.807, 2.05) is 58.0 Å². The highest BCUT2D eigenvalue weighted by Gasteiger charge is 2.19. The third kappa shape index (κ3) is 7.37. The number of carbonyl (C=O) groups is 1. The number of aromatic amines is 1. The van der Waals surface area contributed by atoms with Gasteiger partial charge in [-0.1, -0.05) is 38.2 Å². The summed E-state index contributed by atoms with van der Waals surface area (Å²) in [5, 5.41) is 9.90. The third-order valence-corrected chi connectivity index (χ3v) is 6.35. The smallest absolute Gasteiger partial charge is 0.296 e. The summed E-state index contributed by atoms with van der Waals surface area (Å²) in [6, 6.07) is 9.74. The van der Waals surface area contributed by atoms with E-state index >= 15 is 0 Å². The van der Waals surface area contributed by atoms with Crippen molar-refractivity contribution in [2.45, 2.75) is 71.8 Å². The predicted octanol–water partition coefficient (Wildman–Crippen LogP) is 5.74. The number of benzene rings is 1. The Hall–Kier alpha value is -3.26. The first-order valence-corrected chi connectivity index (χ1v) is 12.8. The summed E-state index contributed by atoms with van der Waals surface area (Å²) < 4.78 is 11.6. The lowest BCUT2D eigenvalue weighted by Gasteiger charge is -2.19. The molecule has 1 fully saturated rings. The molecule has 2 N–H and O–H groups in total. The first-order valence-electron chi connectivity index (χ1n) is 12.8. The highest BCUT2D eigenvalue weighted by molar-refractivity contribution is 6.01. The van der Waals surface area contributed by atoms with Crippen molar-refractivity contribution in [1.82, 2.24) is 20.2 Å². The van der Waals surface area contributed by atoms with Gasteiger partial charge in [0.05, 0.1) is 12.2 Å². The van der Waals surface area contributed by atoms with Gasteiger partial charge in [-0.05, 0) is 74.6 Å². The Bertz CT molecular complexity index is 1160. The fourth-order valence-corrected chi connectivity index (χ4v) is 4.50. The van der Waals surface area contributed by atoms with Gasteiger partial charge in [0, 0.05) is 12.6 Å². The number of anilines is 1. The molecule has 192 valence electrons. The second-order valence-electron chi connectivity index (χ2n) is 10.5. The van der Waals surface area contributed by atoms with Crippen LogP contribution in [0, 0.1) is 12.8 Å². The molecule has 3 aromatic rings. The third-order valence-electron chi connectivity index (χ3n) is 6.35. The molecule has 1 amide bonds.